The number of hydrogen-bond acceptors (Lipinski definition) is 4. The van der Waals surface area contributed by atoms with Crippen molar-refractivity contribution in [2.75, 3.05) is 0 Å². The van der Waals surface area contributed by atoms with Crippen molar-refractivity contribution >= 4 is 17.7 Å². The lowest BCUT2D eigenvalue weighted by atomic mass is 10.3. The highest BCUT2D eigenvalue weighted by molar-refractivity contribution is 7.98. The number of aromatic nitrogens is 3. The van der Waals surface area contributed by atoms with Gasteiger partial charge in [0.15, 0.2) is 0 Å². The average Bonchev–Trinajstić information content (AvgIpc) is 2.66. The lowest BCUT2D eigenvalue weighted by Crippen LogP contribution is -1.98. The number of carbonyl (C=O) groups is 1. The van der Waals surface area contributed by atoms with E-state index in [1.165, 1.54) is 6.20 Å². The number of carboxylic acid groups (broad SMARTS) is 1. The summed E-state index contributed by atoms with van der Waals surface area (Å²) in [4.78, 5) is 14.8. The Morgan fingerprint density at radius 3 is 2.78 bits per heavy atom. The highest BCUT2D eigenvalue weighted by Crippen LogP contribution is 2.21. The molecule has 2 rings (SSSR count). The van der Waals surface area contributed by atoms with E-state index in [0.717, 1.165) is 22.2 Å². The predicted molar refractivity (Wildman–Crippen MR) is 68.7 cm³/mol. The minimum absolute atomic E-state index is 0.204. The Morgan fingerprint density at radius 1 is 1.50 bits per heavy atom. The van der Waals surface area contributed by atoms with Crippen LogP contribution in [-0.4, -0.2) is 25.8 Å². The summed E-state index contributed by atoms with van der Waals surface area (Å²) in [5.41, 5.74) is 2.31. The first-order valence-electron chi connectivity index (χ1n) is 5.38. The van der Waals surface area contributed by atoms with E-state index in [1.54, 1.807) is 23.9 Å². The quantitative estimate of drug-likeness (QED) is 0.856. The van der Waals surface area contributed by atoms with Crippen LogP contribution in [0.3, 0.4) is 0 Å². The van der Waals surface area contributed by atoms with E-state index in [9.17, 15) is 4.79 Å². The van der Waals surface area contributed by atoms with Gasteiger partial charge >= 0.3 is 5.97 Å². The number of rotatable bonds is 4. The van der Waals surface area contributed by atoms with E-state index in [-0.39, 0.29) is 5.56 Å². The number of carboxylic acids is 1. The normalized spacial score (nSPS) is 10.6. The zero-order chi connectivity index (χ0) is 13.1. The molecule has 2 heterocycles. The highest BCUT2D eigenvalue weighted by Gasteiger charge is 2.06. The Kier molecular flexibility index (Phi) is 3.66. The molecule has 0 aromatic carbocycles. The molecule has 6 heteroatoms. The van der Waals surface area contributed by atoms with Gasteiger partial charge in [-0.15, -0.1) is 11.8 Å². The van der Waals surface area contributed by atoms with Crippen molar-refractivity contribution < 1.29 is 9.90 Å². The number of pyridine rings is 1. The van der Waals surface area contributed by atoms with E-state index in [2.05, 4.69) is 10.1 Å². The number of aryl methyl sites for hydroxylation is 2. The standard InChI is InChI=1S/C12H13N3O2S/c1-8-5-10(15(2)14-8)7-18-11-4-3-9(6-13-11)12(16)17/h3-6H,7H2,1-2H3,(H,16,17). The van der Waals surface area contributed by atoms with Crippen molar-refractivity contribution in [1.82, 2.24) is 14.8 Å². The van der Waals surface area contributed by atoms with Crippen LogP contribution < -0.4 is 0 Å². The van der Waals surface area contributed by atoms with Gasteiger partial charge < -0.3 is 5.11 Å². The molecule has 5 nitrogen and oxygen atoms in total. The van der Waals surface area contributed by atoms with Crippen LogP contribution in [0.2, 0.25) is 0 Å². The molecule has 94 valence electrons. The minimum atomic E-state index is -0.957. The molecule has 0 fully saturated rings. The van der Waals surface area contributed by atoms with Gasteiger partial charge in [0.05, 0.1) is 16.3 Å². The molecule has 18 heavy (non-hydrogen) atoms. The maximum atomic E-state index is 10.7. The Hall–Kier alpha value is -1.82. The first kappa shape index (κ1) is 12.6. The van der Waals surface area contributed by atoms with Gasteiger partial charge in [0.2, 0.25) is 0 Å². The molecule has 0 amide bonds. The van der Waals surface area contributed by atoms with Crippen molar-refractivity contribution in [2.24, 2.45) is 7.05 Å². The Balaban J connectivity index is 2.02. The van der Waals surface area contributed by atoms with E-state index >= 15 is 0 Å². The molecule has 0 aliphatic rings. The molecule has 0 aliphatic carbocycles. The molecular weight excluding hydrogens is 250 g/mol. The summed E-state index contributed by atoms with van der Waals surface area (Å²) in [5.74, 6) is -0.196. The molecule has 2 aromatic rings. The van der Waals surface area contributed by atoms with Crippen LogP contribution in [0.25, 0.3) is 0 Å². The molecule has 2 aromatic heterocycles. The molecule has 1 N–H and O–H groups in total. The van der Waals surface area contributed by atoms with Crippen molar-refractivity contribution in [3.05, 3.63) is 41.3 Å². The summed E-state index contributed by atoms with van der Waals surface area (Å²) in [7, 11) is 1.91. The number of nitrogens with zero attached hydrogens (tertiary/aromatic N) is 3. The summed E-state index contributed by atoms with van der Waals surface area (Å²) >= 11 is 1.56. The fraction of sp³-hybridized carbons (Fsp3) is 0.250. The molecule has 0 bridgehead atoms. The second-order valence-electron chi connectivity index (χ2n) is 3.88. The van der Waals surface area contributed by atoms with E-state index in [4.69, 9.17) is 5.11 Å². The minimum Gasteiger partial charge on any atom is -0.478 e. The first-order valence-corrected chi connectivity index (χ1v) is 6.36. The van der Waals surface area contributed by atoms with E-state index in [1.807, 2.05) is 24.7 Å². The van der Waals surface area contributed by atoms with Crippen molar-refractivity contribution in [3.8, 4) is 0 Å². The van der Waals surface area contributed by atoms with Crippen LogP contribution >= 0.6 is 11.8 Å². The zero-order valence-corrected chi connectivity index (χ0v) is 10.9. The third-order valence-corrected chi connectivity index (χ3v) is 3.43. The molecular formula is C12H13N3O2S. The smallest absolute Gasteiger partial charge is 0.337 e. The van der Waals surface area contributed by atoms with Crippen LogP contribution in [0.1, 0.15) is 21.7 Å². The lowest BCUT2D eigenvalue weighted by Gasteiger charge is -2.02. The van der Waals surface area contributed by atoms with Gasteiger partial charge in [0, 0.05) is 24.7 Å². The van der Waals surface area contributed by atoms with Gasteiger partial charge in [-0.3, -0.25) is 4.68 Å². The van der Waals surface area contributed by atoms with Crippen molar-refractivity contribution in [3.63, 3.8) is 0 Å². The molecule has 0 spiro atoms. The average molecular weight is 263 g/mol. The molecule has 0 radical (unpaired) electrons. The maximum absolute atomic E-state index is 10.7. The van der Waals surface area contributed by atoms with Gasteiger partial charge in [0.25, 0.3) is 0 Å². The van der Waals surface area contributed by atoms with Gasteiger partial charge in [-0.25, -0.2) is 9.78 Å². The predicted octanol–water partition coefficient (Wildman–Crippen LogP) is 2.11. The summed E-state index contributed by atoms with van der Waals surface area (Å²) in [6.45, 7) is 1.95. The zero-order valence-electron chi connectivity index (χ0n) is 10.1. The largest absolute Gasteiger partial charge is 0.478 e. The second kappa shape index (κ2) is 5.22. The lowest BCUT2D eigenvalue weighted by molar-refractivity contribution is 0.0696. The van der Waals surface area contributed by atoms with E-state index in [0.29, 0.717) is 0 Å². The van der Waals surface area contributed by atoms with E-state index < -0.39 is 5.97 Å². The number of thioether (sulfide) groups is 1. The van der Waals surface area contributed by atoms with Crippen LogP contribution in [0.4, 0.5) is 0 Å². The molecule has 0 aliphatic heterocycles. The molecule has 0 atom stereocenters. The van der Waals surface area contributed by atoms with Crippen LogP contribution in [0.5, 0.6) is 0 Å². The number of aromatic carboxylic acids is 1. The Labute approximate surface area is 109 Å². The maximum Gasteiger partial charge on any atom is 0.337 e. The first-order chi connectivity index (χ1) is 8.56. The Morgan fingerprint density at radius 2 is 2.28 bits per heavy atom. The van der Waals surface area contributed by atoms with Gasteiger partial charge in [-0.1, -0.05) is 0 Å². The second-order valence-corrected chi connectivity index (χ2v) is 4.88. The monoisotopic (exact) mass is 263 g/mol. The number of hydrogen-bond donors (Lipinski definition) is 1. The fourth-order valence-electron chi connectivity index (χ4n) is 1.54. The van der Waals surface area contributed by atoms with Crippen molar-refractivity contribution in [1.29, 1.82) is 0 Å². The molecule has 0 saturated heterocycles. The third kappa shape index (κ3) is 2.89. The summed E-state index contributed by atoms with van der Waals surface area (Å²) in [6, 6.07) is 5.31. The summed E-state index contributed by atoms with van der Waals surface area (Å²) < 4.78 is 1.84. The van der Waals surface area contributed by atoms with Crippen LogP contribution in [-0.2, 0) is 12.8 Å². The summed E-state index contributed by atoms with van der Waals surface area (Å²) in [6.07, 6.45) is 1.37. The fourth-order valence-corrected chi connectivity index (χ4v) is 2.40. The van der Waals surface area contributed by atoms with Crippen LogP contribution in [0.15, 0.2) is 29.4 Å². The van der Waals surface area contributed by atoms with Gasteiger partial charge in [-0.05, 0) is 25.1 Å². The van der Waals surface area contributed by atoms with Crippen LogP contribution in [0, 0.1) is 6.92 Å². The van der Waals surface area contributed by atoms with Gasteiger partial charge in [-0.2, -0.15) is 5.10 Å². The SMILES string of the molecule is Cc1cc(CSc2ccc(C(=O)O)cn2)n(C)n1. The summed E-state index contributed by atoms with van der Waals surface area (Å²) in [5, 5.41) is 13.8. The molecule has 0 saturated carbocycles. The topological polar surface area (TPSA) is 68.0 Å². The Bertz CT molecular complexity index is 563. The van der Waals surface area contributed by atoms with Crippen molar-refractivity contribution in [2.45, 2.75) is 17.7 Å². The molecule has 0 unspecified atom stereocenters. The third-order valence-electron chi connectivity index (χ3n) is 2.45. The highest BCUT2D eigenvalue weighted by atomic mass is 32.2. The van der Waals surface area contributed by atoms with Gasteiger partial charge in [0.1, 0.15) is 0 Å².